The highest BCUT2D eigenvalue weighted by molar-refractivity contribution is 5.80. The van der Waals surface area contributed by atoms with Gasteiger partial charge < -0.3 is 20.3 Å². The molecular formula is C18H26N8O. The third-order valence-electron chi connectivity index (χ3n) is 3.95. The van der Waals surface area contributed by atoms with Gasteiger partial charge >= 0.3 is 0 Å². The molecule has 3 rings (SSSR count). The summed E-state index contributed by atoms with van der Waals surface area (Å²) >= 11 is 0. The van der Waals surface area contributed by atoms with E-state index in [0.717, 1.165) is 45.0 Å². The van der Waals surface area contributed by atoms with Crippen LogP contribution in [-0.4, -0.2) is 60.6 Å². The highest BCUT2D eigenvalue weighted by atomic mass is 16.5. The summed E-state index contributed by atoms with van der Waals surface area (Å²) in [5, 5.41) is 10.4. The first-order chi connectivity index (χ1) is 13.3. The summed E-state index contributed by atoms with van der Waals surface area (Å²) < 4.78 is 5.39. The van der Waals surface area contributed by atoms with Crippen molar-refractivity contribution in [1.82, 2.24) is 15.0 Å². The summed E-state index contributed by atoms with van der Waals surface area (Å²) in [5.74, 6) is 1.41. The first kappa shape index (κ1) is 18.8. The number of nitrogens with one attached hydrogen (secondary N) is 3. The van der Waals surface area contributed by atoms with Crippen molar-refractivity contribution >= 4 is 29.7 Å². The van der Waals surface area contributed by atoms with E-state index in [4.69, 9.17) is 4.74 Å². The van der Waals surface area contributed by atoms with Crippen molar-refractivity contribution in [2.45, 2.75) is 13.8 Å². The molecule has 9 nitrogen and oxygen atoms in total. The van der Waals surface area contributed by atoms with E-state index >= 15 is 0 Å². The molecule has 0 unspecified atom stereocenters. The Balaban J connectivity index is 1.62. The number of hydrogen-bond acceptors (Lipinski definition) is 9. The van der Waals surface area contributed by atoms with Crippen LogP contribution >= 0.6 is 0 Å². The molecule has 0 spiro atoms. The Hall–Kier alpha value is -2.94. The van der Waals surface area contributed by atoms with E-state index in [1.54, 1.807) is 6.21 Å². The normalized spacial score (nSPS) is 14.4. The second-order valence-electron chi connectivity index (χ2n) is 5.93. The lowest BCUT2D eigenvalue weighted by atomic mass is 10.2. The lowest BCUT2D eigenvalue weighted by molar-refractivity contribution is 0.122. The maximum atomic E-state index is 5.39. The molecule has 1 aromatic heterocycles. The molecule has 27 heavy (non-hydrogen) atoms. The number of hydrogen-bond donors (Lipinski definition) is 3. The average molecular weight is 370 g/mol. The predicted molar refractivity (Wildman–Crippen MR) is 109 cm³/mol. The van der Waals surface area contributed by atoms with Crippen molar-refractivity contribution in [3.05, 3.63) is 29.8 Å². The van der Waals surface area contributed by atoms with Crippen molar-refractivity contribution < 1.29 is 4.74 Å². The first-order valence-electron chi connectivity index (χ1n) is 9.24. The Morgan fingerprint density at radius 1 is 0.963 bits per heavy atom. The van der Waals surface area contributed by atoms with Gasteiger partial charge in [0.25, 0.3) is 0 Å². The van der Waals surface area contributed by atoms with Crippen LogP contribution in [0.1, 0.15) is 19.4 Å². The monoisotopic (exact) mass is 370 g/mol. The van der Waals surface area contributed by atoms with Crippen molar-refractivity contribution in [2.75, 3.05) is 60.4 Å². The zero-order valence-electron chi connectivity index (χ0n) is 15.8. The molecule has 1 aliphatic heterocycles. The van der Waals surface area contributed by atoms with E-state index in [1.165, 1.54) is 5.69 Å². The minimum Gasteiger partial charge on any atom is -0.378 e. The van der Waals surface area contributed by atoms with Crippen LogP contribution in [0, 0.1) is 0 Å². The van der Waals surface area contributed by atoms with Crippen LogP contribution in [0.25, 0.3) is 0 Å². The lowest BCUT2D eigenvalue weighted by Gasteiger charge is -2.28. The Labute approximate surface area is 159 Å². The van der Waals surface area contributed by atoms with Crippen LogP contribution in [0.2, 0.25) is 0 Å². The first-order valence-corrected chi connectivity index (χ1v) is 9.24. The van der Waals surface area contributed by atoms with Gasteiger partial charge in [-0.1, -0.05) is 12.1 Å². The molecule has 1 saturated heterocycles. The van der Waals surface area contributed by atoms with Gasteiger partial charge in [-0.2, -0.15) is 20.1 Å². The van der Waals surface area contributed by atoms with E-state index in [-0.39, 0.29) is 0 Å². The molecule has 0 aliphatic carbocycles. The summed E-state index contributed by atoms with van der Waals surface area (Å²) in [7, 11) is 0. The van der Waals surface area contributed by atoms with Crippen LogP contribution < -0.4 is 21.0 Å². The van der Waals surface area contributed by atoms with E-state index in [9.17, 15) is 0 Å². The van der Waals surface area contributed by atoms with Gasteiger partial charge in [-0.25, -0.2) is 5.43 Å². The molecular weight excluding hydrogens is 344 g/mol. The quantitative estimate of drug-likeness (QED) is 0.479. The van der Waals surface area contributed by atoms with E-state index in [0.29, 0.717) is 17.8 Å². The highest BCUT2D eigenvalue weighted by Gasteiger charge is 2.10. The van der Waals surface area contributed by atoms with Crippen LogP contribution in [0.15, 0.2) is 29.4 Å². The number of aromatic nitrogens is 3. The largest absolute Gasteiger partial charge is 0.378 e. The molecule has 1 aliphatic rings. The van der Waals surface area contributed by atoms with Crippen LogP contribution in [0.3, 0.4) is 0 Å². The maximum Gasteiger partial charge on any atom is 0.250 e. The van der Waals surface area contributed by atoms with E-state index in [2.05, 4.69) is 53.1 Å². The number of ether oxygens (including phenoxy) is 1. The fourth-order valence-electron chi connectivity index (χ4n) is 2.66. The van der Waals surface area contributed by atoms with Gasteiger partial charge in [0.05, 0.1) is 19.4 Å². The van der Waals surface area contributed by atoms with Crippen molar-refractivity contribution in [1.29, 1.82) is 0 Å². The predicted octanol–water partition coefficient (Wildman–Crippen LogP) is 2.02. The standard InChI is InChI=1S/C18H26N8O/c1-3-19-16-22-17(20-4-2)24-18(23-16)25-21-13-14-5-7-15(8-6-14)26-9-11-27-12-10-26/h5-8,13H,3-4,9-12H2,1-2H3,(H3,19,20,22,23,24,25)/b21-13+. The number of benzene rings is 1. The topological polar surface area (TPSA) is 99.6 Å². The minimum atomic E-state index is 0.387. The average Bonchev–Trinajstić information content (AvgIpc) is 2.70. The van der Waals surface area contributed by atoms with Crippen molar-refractivity contribution in [2.24, 2.45) is 5.10 Å². The zero-order valence-corrected chi connectivity index (χ0v) is 15.8. The van der Waals surface area contributed by atoms with Crippen LogP contribution in [0.4, 0.5) is 23.5 Å². The van der Waals surface area contributed by atoms with Gasteiger partial charge in [-0.15, -0.1) is 0 Å². The number of nitrogens with zero attached hydrogens (tertiary/aromatic N) is 5. The summed E-state index contributed by atoms with van der Waals surface area (Å²) in [6, 6.07) is 8.28. The Morgan fingerprint density at radius 2 is 1.56 bits per heavy atom. The van der Waals surface area contributed by atoms with Crippen molar-refractivity contribution in [3.63, 3.8) is 0 Å². The number of hydrazone groups is 1. The third kappa shape index (κ3) is 5.52. The smallest absolute Gasteiger partial charge is 0.250 e. The van der Waals surface area contributed by atoms with Gasteiger partial charge in [0.2, 0.25) is 17.8 Å². The van der Waals surface area contributed by atoms with Crippen molar-refractivity contribution in [3.8, 4) is 0 Å². The maximum absolute atomic E-state index is 5.39. The summed E-state index contributed by atoms with van der Waals surface area (Å²) in [6.45, 7) is 8.85. The molecule has 0 amide bonds. The SMILES string of the molecule is CCNc1nc(NCC)nc(N/N=C/c2ccc(N3CCOCC3)cc2)n1. The van der Waals surface area contributed by atoms with Gasteiger partial charge in [-0.3, -0.25) is 0 Å². The molecule has 1 fully saturated rings. The summed E-state index contributed by atoms with van der Waals surface area (Å²) in [4.78, 5) is 15.2. The van der Waals surface area contributed by atoms with Crippen LogP contribution in [-0.2, 0) is 4.74 Å². The Kier molecular flexibility index (Phi) is 6.75. The highest BCUT2D eigenvalue weighted by Crippen LogP contribution is 2.16. The van der Waals surface area contributed by atoms with Crippen LogP contribution in [0.5, 0.6) is 0 Å². The lowest BCUT2D eigenvalue weighted by Crippen LogP contribution is -2.36. The number of morpholine rings is 1. The Bertz CT molecular complexity index is 719. The fraction of sp³-hybridized carbons (Fsp3) is 0.444. The molecule has 9 heteroatoms. The second kappa shape index (κ2) is 9.67. The van der Waals surface area contributed by atoms with Gasteiger partial charge in [-0.05, 0) is 31.5 Å². The molecule has 144 valence electrons. The molecule has 0 radical (unpaired) electrons. The zero-order chi connectivity index (χ0) is 18.9. The number of rotatable bonds is 8. The van der Waals surface area contributed by atoms with Gasteiger partial charge in [0.15, 0.2) is 0 Å². The molecule has 1 aromatic carbocycles. The third-order valence-corrected chi connectivity index (χ3v) is 3.95. The van der Waals surface area contributed by atoms with Gasteiger partial charge in [0, 0.05) is 31.9 Å². The van der Waals surface area contributed by atoms with E-state index < -0.39 is 0 Å². The fourth-order valence-corrected chi connectivity index (χ4v) is 2.66. The number of anilines is 4. The molecule has 2 heterocycles. The molecule has 2 aromatic rings. The molecule has 0 saturated carbocycles. The molecule has 0 bridgehead atoms. The Morgan fingerprint density at radius 3 is 2.15 bits per heavy atom. The van der Waals surface area contributed by atoms with E-state index in [1.807, 2.05) is 26.0 Å². The minimum absolute atomic E-state index is 0.387. The van der Waals surface area contributed by atoms with Gasteiger partial charge in [0.1, 0.15) is 0 Å². The summed E-state index contributed by atoms with van der Waals surface area (Å²) in [6.07, 6.45) is 1.74. The molecule has 3 N–H and O–H groups in total. The second-order valence-corrected chi connectivity index (χ2v) is 5.93. The summed E-state index contributed by atoms with van der Waals surface area (Å²) in [5.41, 5.74) is 5.06. The molecule has 0 atom stereocenters.